The van der Waals surface area contributed by atoms with Gasteiger partial charge in [0.15, 0.2) is 0 Å². The molecule has 1 saturated heterocycles. The van der Waals surface area contributed by atoms with Gasteiger partial charge in [-0.25, -0.2) is 9.78 Å². The number of hydrogen-bond donors (Lipinski definition) is 0. The molecule has 1 aliphatic rings. The largest absolute Gasteiger partial charge is 0.237 e. The molecule has 1 heterocycles. The lowest BCUT2D eigenvalue weighted by Crippen LogP contribution is -1.95. The molecule has 0 bridgehead atoms. The Morgan fingerprint density at radius 3 is 2.78 bits per heavy atom. The SMILES string of the molecule is [CH]1CCCCOOCC1. The maximum absolute atomic E-state index is 4.83. The van der Waals surface area contributed by atoms with Crippen LogP contribution in [0.1, 0.15) is 25.7 Å². The average Bonchev–Trinajstić information content (AvgIpc) is 2.00. The maximum atomic E-state index is 4.83. The second-order valence-corrected chi connectivity index (χ2v) is 2.22. The van der Waals surface area contributed by atoms with Crippen molar-refractivity contribution in [2.24, 2.45) is 0 Å². The fourth-order valence-corrected chi connectivity index (χ4v) is 0.843. The molecule has 0 unspecified atom stereocenters. The van der Waals surface area contributed by atoms with Crippen molar-refractivity contribution < 1.29 is 9.78 Å². The third-order valence-electron chi connectivity index (χ3n) is 1.37. The van der Waals surface area contributed by atoms with E-state index in [9.17, 15) is 0 Å². The maximum Gasteiger partial charge on any atom is 0.0825 e. The van der Waals surface area contributed by atoms with E-state index >= 15 is 0 Å². The smallest absolute Gasteiger partial charge is 0.0825 e. The summed E-state index contributed by atoms with van der Waals surface area (Å²) in [6.45, 7) is 1.48. The summed E-state index contributed by atoms with van der Waals surface area (Å²) in [6, 6.07) is 0. The second kappa shape index (κ2) is 4.77. The van der Waals surface area contributed by atoms with E-state index < -0.39 is 0 Å². The molecule has 0 atom stereocenters. The van der Waals surface area contributed by atoms with Gasteiger partial charge in [-0.05, 0) is 19.3 Å². The summed E-state index contributed by atoms with van der Waals surface area (Å²) in [7, 11) is 0. The minimum absolute atomic E-state index is 0.722. The fourth-order valence-electron chi connectivity index (χ4n) is 0.843. The fraction of sp³-hybridized carbons (Fsp3) is 0.857. The van der Waals surface area contributed by atoms with Crippen molar-refractivity contribution in [2.75, 3.05) is 13.2 Å². The van der Waals surface area contributed by atoms with Crippen molar-refractivity contribution in [1.29, 1.82) is 0 Å². The van der Waals surface area contributed by atoms with Crippen LogP contribution in [-0.4, -0.2) is 13.2 Å². The molecule has 1 aliphatic heterocycles. The molecule has 0 aromatic carbocycles. The Bertz CT molecular complexity index is 35.4. The van der Waals surface area contributed by atoms with Crippen LogP contribution in [0.3, 0.4) is 0 Å². The van der Waals surface area contributed by atoms with E-state index in [1.54, 1.807) is 0 Å². The predicted molar refractivity (Wildman–Crippen MR) is 34.7 cm³/mol. The summed E-state index contributed by atoms with van der Waals surface area (Å²) in [4.78, 5) is 9.66. The molecule has 1 fully saturated rings. The zero-order valence-electron chi connectivity index (χ0n) is 5.64. The molecule has 53 valence electrons. The van der Waals surface area contributed by atoms with E-state index in [2.05, 4.69) is 6.42 Å². The van der Waals surface area contributed by atoms with Crippen molar-refractivity contribution in [1.82, 2.24) is 0 Å². The van der Waals surface area contributed by atoms with Gasteiger partial charge in [0.2, 0.25) is 0 Å². The molecular formula is C7H13O2. The van der Waals surface area contributed by atoms with Crippen LogP contribution < -0.4 is 0 Å². The van der Waals surface area contributed by atoms with Crippen LogP contribution in [0.25, 0.3) is 0 Å². The number of hydrogen-bond acceptors (Lipinski definition) is 2. The van der Waals surface area contributed by atoms with Gasteiger partial charge in [0, 0.05) is 0 Å². The topological polar surface area (TPSA) is 18.5 Å². The summed E-state index contributed by atoms with van der Waals surface area (Å²) < 4.78 is 0. The van der Waals surface area contributed by atoms with Crippen molar-refractivity contribution in [2.45, 2.75) is 25.7 Å². The molecule has 9 heavy (non-hydrogen) atoms. The van der Waals surface area contributed by atoms with Gasteiger partial charge in [0.1, 0.15) is 0 Å². The zero-order valence-corrected chi connectivity index (χ0v) is 5.64. The summed E-state index contributed by atoms with van der Waals surface area (Å²) >= 11 is 0. The zero-order chi connectivity index (χ0) is 6.36. The van der Waals surface area contributed by atoms with E-state index in [1.165, 1.54) is 12.8 Å². The third kappa shape index (κ3) is 3.49. The molecule has 0 saturated carbocycles. The van der Waals surface area contributed by atoms with Gasteiger partial charge in [-0.2, -0.15) is 0 Å². The van der Waals surface area contributed by atoms with Gasteiger partial charge in [-0.1, -0.05) is 12.8 Å². The van der Waals surface area contributed by atoms with E-state index in [0.717, 1.165) is 26.1 Å². The molecule has 0 aliphatic carbocycles. The quantitative estimate of drug-likeness (QED) is 0.463. The highest BCUT2D eigenvalue weighted by atomic mass is 17.2. The van der Waals surface area contributed by atoms with E-state index in [1.807, 2.05) is 0 Å². The van der Waals surface area contributed by atoms with E-state index in [-0.39, 0.29) is 0 Å². The molecule has 2 nitrogen and oxygen atoms in total. The summed E-state index contributed by atoms with van der Waals surface area (Å²) in [5, 5.41) is 0. The van der Waals surface area contributed by atoms with Gasteiger partial charge in [0.05, 0.1) is 13.2 Å². The predicted octanol–water partition coefficient (Wildman–Crippen LogP) is 1.71. The Labute approximate surface area is 56.1 Å². The van der Waals surface area contributed by atoms with Crippen LogP contribution >= 0.6 is 0 Å². The Morgan fingerprint density at radius 2 is 1.78 bits per heavy atom. The van der Waals surface area contributed by atoms with Gasteiger partial charge in [-0.3, -0.25) is 0 Å². The minimum atomic E-state index is 0.722. The normalized spacial score (nSPS) is 24.0. The molecule has 2 heteroatoms. The van der Waals surface area contributed by atoms with E-state index in [4.69, 9.17) is 9.78 Å². The first-order valence-corrected chi connectivity index (χ1v) is 3.56. The molecule has 0 spiro atoms. The molecular weight excluding hydrogens is 116 g/mol. The molecule has 0 aromatic heterocycles. The first-order valence-electron chi connectivity index (χ1n) is 3.56. The van der Waals surface area contributed by atoms with Crippen LogP contribution in [0.15, 0.2) is 0 Å². The van der Waals surface area contributed by atoms with Gasteiger partial charge in [-0.15, -0.1) is 0 Å². The summed E-state index contributed by atoms with van der Waals surface area (Å²) in [6.07, 6.45) is 6.86. The molecule has 1 rings (SSSR count). The molecule has 0 aromatic rings. The Kier molecular flexibility index (Phi) is 3.72. The van der Waals surface area contributed by atoms with Crippen LogP contribution in [0, 0.1) is 6.42 Å². The lowest BCUT2D eigenvalue weighted by Gasteiger charge is -1.97. The first kappa shape index (κ1) is 7.03. The van der Waals surface area contributed by atoms with Crippen molar-refractivity contribution >= 4 is 0 Å². The van der Waals surface area contributed by atoms with E-state index in [0.29, 0.717) is 0 Å². The van der Waals surface area contributed by atoms with Crippen molar-refractivity contribution in [3.8, 4) is 0 Å². The van der Waals surface area contributed by atoms with Gasteiger partial charge < -0.3 is 0 Å². The van der Waals surface area contributed by atoms with Crippen molar-refractivity contribution in [3.05, 3.63) is 6.42 Å². The lowest BCUT2D eigenvalue weighted by atomic mass is 10.2. The highest BCUT2D eigenvalue weighted by Crippen LogP contribution is 2.04. The Hall–Kier alpha value is -0.0800. The molecule has 0 amide bonds. The first-order chi connectivity index (χ1) is 4.50. The lowest BCUT2D eigenvalue weighted by molar-refractivity contribution is -0.293. The highest BCUT2D eigenvalue weighted by molar-refractivity contribution is 4.63. The Balaban J connectivity index is 2.02. The monoisotopic (exact) mass is 129 g/mol. The van der Waals surface area contributed by atoms with Crippen LogP contribution in [-0.2, 0) is 9.78 Å². The average molecular weight is 129 g/mol. The summed E-state index contributed by atoms with van der Waals surface area (Å²) in [5.74, 6) is 0. The van der Waals surface area contributed by atoms with Gasteiger partial charge in [0.25, 0.3) is 0 Å². The van der Waals surface area contributed by atoms with Crippen molar-refractivity contribution in [3.63, 3.8) is 0 Å². The highest BCUT2D eigenvalue weighted by Gasteiger charge is 1.96. The second-order valence-electron chi connectivity index (χ2n) is 2.22. The summed E-state index contributed by atoms with van der Waals surface area (Å²) in [5.41, 5.74) is 0. The Morgan fingerprint density at radius 1 is 0.889 bits per heavy atom. The third-order valence-corrected chi connectivity index (χ3v) is 1.37. The van der Waals surface area contributed by atoms with Crippen LogP contribution in [0.2, 0.25) is 0 Å². The van der Waals surface area contributed by atoms with Crippen LogP contribution in [0.4, 0.5) is 0 Å². The van der Waals surface area contributed by atoms with Crippen LogP contribution in [0.5, 0.6) is 0 Å². The number of rotatable bonds is 0. The standard InChI is InChI=1S/C7H13O2/c1-2-4-6-8-9-7-5-3-1/h2H,1,3-7H2. The molecule has 1 radical (unpaired) electrons. The van der Waals surface area contributed by atoms with Gasteiger partial charge >= 0.3 is 0 Å². The minimum Gasteiger partial charge on any atom is -0.237 e. The molecule has 0 N–H and O–H groups in total.